The number of hydrogen-bond acceptors (Lipinski definition) is 7. The van der Waals surface area contributed by atoms with Crippen molar-refractivity contribution >= 4 is 40.2 Å². The molecule has 0 atom stereocenters. The molecule has 2 amide bonds. The van der Waals surface area contributed by atoms with Crippen LogP contribution in [0, 0.1) is 13.8 Å². The summed E-state index contributed by atoms with van der Waals surface area (Å²) in [6, 6.07) is 10.7. The smallest absolute Gasteiger partial charge is 0.284 e. The van der Waals surface area contributed by atoms with Crippen LogP contribution in [0.3, 0.4) is 0 Å². The number of hydrogen-bond donors (Lipinski definition) is 2. The number of carbonyl (C=O) groups is 2. The predicted molar refractivity (Wildman–Crippen MR) is 131 cm³/mol. The first-order valence-electron chi connectivity index (χ1n) is 11.0. The third-order valence-corrected chi connectivity index (χ3v) is 6.16. The molecule has 6 rings (SSSR count). The number of anilines is 3. The number of benzene rings is 1. The quantitative estimate of drug-likeness (QED) is 0.387. The molecule has 172 valence electrons. The number of fused-ring (bicyclic) bond motifs is 2. The van der Waals surface area contributed by atoms with E-state index < -0.39 is 11.8 Å². The van der Waals surface area contributed by atoms with E-state index >= 15 is 0 Å². The zero-order valence-electron chi connectivity index (χ0n) is 19.2. The Labute approximate surface area is 199 Å². The van der Waals surface area contributed by atoms with Gasteiger partial charge in [0.1, 0.15) is 5.69 Å². The summed E-state index contributed by atoms with van der Waals surface area (Å²) >= 11 is 0. The Bertz CT molecular complexity index is 1610. The van der Waals surface area contributed by atoms with Gasteiger partial charge in [0.25, 0.3) is 11.8 Å². The van der Waals surface area contributed by atoms with Crippen molar-refractivity contribution in [3.63, 3.8) is 0 Å². The number of nitrogens with zero attached hydrogens (tertiary/aromatic N) is 6. The lowest BCUT2D eigenvalue weighted by molar-refractivity contribution is 0.0925. The first-order valence-corrected chi connectivity index (χ1v) is 11.0. The molecule has 0 saturated carbocycles. The average Bonchev–Trinajstić information content (AvgIpc) is 3.50. The summed E-state index contributed by atoms with van der Waals surface area (Å²) in [5.74, 6) is 0.239. The zero-order valence-corrected chi connectivity index (χ0v) is 19.2. The highest BCUT2D eigenvalue weighted by atomic mass is 16.2. The molecule has 0 aliphatic carbocycles. The van der Waals surface area contributed by atoms with Crippen LogP contribution in [-0.4, -0.2) is 41.5 Å². The summed E-state index contributed by atoms with van der Waals surface area (Å²) in [7, 11) is 1.87. The van der Waals surface area contributed by atoms with Crippen molar-refractivity contribution < 1.29 is 9.59 Å². The Balaban J connectivity index is 1.42. The normalized spacial score (nSPS) is 13.1. The number of pyridine rings is 1. The predicted octanol–water partition coefficient (Wildman–Crippen LogP) is 3.91. The number of carbonyl (C=O) groups excluding carboxylic acids is 2. The minimum Gasteiger partial charge on any atom is -0.359 e. The highest BCUT2D eigenvalue weighted by molar-refractivity contribution is 6.35. The van der Waals surface area contributed by atoms with Crippen LogP contribution in [0.4, 0.5) is 17.5 Å². The minimum atomic E-state index is -0.440. The molecule has 5 heterocycles. The lowest BCUT2D eigenvalue weighted by atomic mass is 10.1. The minimum absolute atomic E-state index is 0.161. The molecule has 5 aromatic rings. The van der Waals surface area contributed by atoms with Crippen LogP contribution in [0.15, 0.2) is 55.0 Å². The molecule has 0 radical (unpaired) electrons. The van der Waals surface area contributed by atoms with Gasteiger partial charge in [0.2, 0.25) is 5.95 Å². The summed E-state index contributed by atoms with van der Waals surface area (Å²) < 4.78 is 1.77. The molecule has 1 aliphatic rings. The lowest BCUT2D eigenvalue weighted by Crippen LogP contribution is -2.29. The van der Waals surface area contributed by atoms with Gasteiger partial charge in [-0.2, -0.15) is 5.10 Å². The number of amides is 2. The maximum atomic E-state index is 13.0. The van der Waals surface area contributed by atoms with Crippen LogP contribution in [0.5, 0.6) is 0 Å². The van der Waals surface area contributed by atoms with Gasteiger partial charge in [0, 0.05) is 48.3 Å². The SMILES string of the molecule is Cc1cnc(Nc2cc(C)n(C)n2)nc1-c1c[nH]c2c(N3C(=O)c4cccnc4C3=O)cccc12. The van der Waals surface area contributed by atoms with Crippen LogP contribution in [-0.2, 0) is 7.05 Å². The molecule has 0 fully saturated rings. The van der Waals surface area contributed by atoms with Crippen LogP contribution in [0.25, 0.3) is 22.2 Å². The highest BCUT2D eigenvalue weighted by Gasteiger charge is 2.38. The molecule has 0 bridgehead atoms. The van der Waals surface area contributed by atoms with Gasteiger partial charge in [-0.05, 0) is 37.6 Å². The van der Waals surface area contributed by atoms with E-state index in [1.54, 1.807) is 29.1 Å². The summed E-state index contributed by atoms with van der Waals surface area (Å²) in [6.07, 6.45) is 5.09. The molecule has 35 heavy (non-hydrogen) atoms. The van der Waals surface area contributed by atoms with Gasteiger partial charge in [0.05, 0.1) is 22.5 Å². The van der Waals surface area contributed by atoms with Crippen LogP contribution < -0.4 is 10.2 Å². The molecule has 10 nitrogen and oxygen atoms in total. The summed E-state index contributed by atoms with van der Waals surface area (Å²) in [5, 5.41) is 8.38. The van der Waals surface area contributed by atoms with Gasteiger partial charge >= 0.3 is 0 Å². The molecular weight excluding hydrogens is 444 g/mol. The molecule has 0 unspecified atom stereocenters. The van der Waals surface area contributed by atoms with E-state index in [4.69, 9.17) is 4.98 Å². The summed E-state index contributed by atoms with van der Waals surface area (Å²) in [6.45, 7) is 3.90. The van der Waals surface area contributed by atoms with Crippen molar-refractivity contribution in [3.8, 4) is 11.3 Å². The Kier molecular flexibility index (Phi) is 4.49. The Morgan fingerprint density at radius 1 is 0.971 bits per heavy atom. The molecular formula is C25H20N8O2. The molecule has 4 aromatic heterocycles. The topological polar surface area (TPSA) is 122 Å². The fourth-order valence-electron chi connectivity index (χ4n) is 4.32. The second-order valence-electron chi connectivity index (χ2n) is 8.39. The zero-order chi connectivity index (χ0) is 24.3. The van der Waals surface area contributed by atoms with Gasteiger partial charge in [-0.3, -0.25) is 19.3 Å². The summed E-state index contributed by atoms with van der Waals surface area (Å²) in [4.78, 5) is 43.7. The van der Waals surface area contributed by atoms with Gasteiger partial charge in [-0.1, -0.05) is 12.1 Å². The van der Waals surface area contributed by atoms with Crippen LogP contribution >= 0.6 is 0 Å². The van der Waals surface area contributed by atoms with Gasteiger partial charge < -0.3 is 10.3 Å². The van der Waals surface area contributed by atoms with Crippen molar-refractivity contribution in [2.45, 2.75) is 13.8 Å². The van der Waals surface area contributed by atoms with Crippen LogP contribution in [0.1, 0.15) is 32.1 Å². The number of aromatic amines is 1. The maximum Gasteiger partial charge on any atom is 0.284 e. The van der Waals surface area contributed by atoms with Crippen molar-refractivity contribution in [1.29, 1.82) is 0 Å². The largest absolute Gasteiger partial charge is 0.359 e. The number of imide groups is 1. The second-order valence-corrected chi connectivity index (χ2v) is 8.39. The molecule has 0 saturated heterocycles. The lowest BCUT2D eigenvalue weighted by Gasteiger charge is -2.15. The highest BCUT2D eigenvalue weighted by Crippen LogP contribution is 2.37. The van der Waals surface area contributed by atoms with Crippen molar-refractivity contribution in [3.05, 3.63) is 77.5 Å². The first-order chi connectivity index (χ1) is 16.9. The van der Waals surface area contributed by atoms with Crippen molar-refractivity contribution in [2.24, 2.45) is 7.05 Å². The van der Waals surface area contributed by atoms with E-state index in [0.29, 0.717) is 28.5 Å². The van der Waals surface area contributed by atoms with E-state index in [1.165, 1.54) is 11.1 Å². The third-order valence-electron chi connectivity index (χ3n) is 6.16. The monoisotopic (exact) mass is 464 g/mol. The molecule has 2 N–H and O–H groups in total. The molecule has 0 spiro atoms. The van der Waals surface area contributed by atoms with E-state index in [9.17, 15) is 9.59 Å². The molecule has 10 heteroatoms. The van der Waals surface area contributed by atoms with Crippen molar-refractivity contribution in [1.82, 2.24) is 29.7 Å². The number of nitrogens with one attached hydrogen (secondary N) is 2. The van der Waals surface area contributed by atoms with E-state index in [0.717, 1.165) is 27.9 Å². The number of aryl methyl sites for hydroxylation is 3. The number of aromatic nitrogens is 6. The number of para-hydroxylation sites is 1. The Morgan fingerprint density at radius 3 is 2.60 bits per heavy atom. The van der Waals surface area contributed by atoms with Gasteiger partial charge in [-0.25, -0.2) is 14.9 Å². The number of rotatable bonds is 4. The standard InChI is InChI=1S/C25H20N8O2/c1-13-11-28-25(29-19-10-14(2)32(3)31-19)30-20(13)17-12-27-21-15(17)6-4-8-18(21)33-23(34)16-7-5-9-26-22(16)24(33)35/h4-12,27H,1-3H3,(H,28,29,30,31). The third kappa shape index (κ3) is 3.18. The van der Waals surface area contributed by atoms with E-state index in [2.05, 4.69) is 25.4 Å². The fourth-order valence-corrected chi connectivity index (χ4v) is 4.32. The summed E-state index contributed by atoms with van der Waals surface area (Å²) in [5.41, 5.74) is 5.03. The molecule has 1 aromatic carbocycles. The van der Waals surface area contributed by atoms with Crippen LogP contribution in [0.2, 0.25) is 0 Å². The Morgan fingerprint density at radius 2 is 1.83 bits per heavy atom. The van der Waals surface area contributed by atoms with Crippen molar-refractivity contribution in [2.75, 3.05) is 10.2 Å². The first kappa shape index (κ1) is 20.7. The fraction of sp³-hybridized carbons (Fsp3) is 0.120. The van der Waals surface area contributed by atoms with Gasteiger partial charge in [0.15, 0.2) is 5.82 Å². The number of H-pyrrole nitrogens is 1. The van der Waals surface area contributed by atoms with E-state index in [-0.39, 0.29) is 5.69 Å². The molecule has 1 aliphatic heterocycles. The Hall–Kier alpha value is -4.86. The second kappa shape index (κ2) is 7.59. The average molecular weight is 464 g/mol. The van der Waals surface area contributed by atoms with E-state index in [1.807, 2.05) is 45.3 Å². The van der Waals surface area contributed by atoms with Gasteiger partial charge in [-0.15, -0.1) is 0 Å². The maximum absolute atomic E-state index is 13.0.